The molecule has 0 saturated carbocycles. The highest BCUT2D eigenvalue weighted by atomic mass is 33.1. The highest BCUT2D eigenvalue weighted by Crippen LogP contribution is 2.23. The number of amides is 9. The fraction of sp³-hybridized carbons (Fsp3) is 0.500. The van der Waals surface area contributed by atoms with E-state index >= 15 is 0 Å². The van der Waals surface area contributed by atoms with E-state index in [9.17, 15) is 43.2 Å². The summed E-state index contributed by atoms with van der Waals surface area (Å²) in [6.45, 7) is 5.65. The number of primary amides is 1. The molecule has 22 nitrogen and oxygen atoms in total. The lowest BCUT2D eigenvalue weighted by molar-refractivity contribution is -0.136. The molecule has 1 fully saturated rings. The average molecular weight is 984 g/mol. The lowest BCUT2D eigenvalue weighted by Crippen LogP contribution is -2.61. The number of aliphatic imine (C=N–C) groups is 1. The number of nitrogens with zero attached hydrogens (tertiary/aromatic N) is 1. The summed E-state index contributed by atoms with van der Waals surface area (Å²) in [7, 11) is 2.17. The van der Waals surface area contributed by atoms with Gasteiger partial charge in [0.15, 0.2) is 5.96 Å². The SMILES string of the molecule is CC(C)[C@@H]1NC(=O)[C@H](CCCN=C(N)N)NC(=O)[C@H](Cc2ccccc2)NC(=O)[C@H](C(C)C)NC(=O)[C@@H](N)CSSC[C@@H](C(=O)NCC(N)=O)NC(=O)CNC(=O)[C@H](Cc2ccccc2)NC1=O. The van der Waals surface area contributed by atoms with Gasteiger partial charge >= 0.3 is 0 Å². The van der Waals surface area contributed by atoms with Gasteiger partial charge in [-0.3, -0.25) is 48.1 Å². The number of benzene rings is 2. The van der Waals surface area contributed by atoms with Crippen LogP contribution in [0.4, 0.5) is 0 Å². The lowest BCUT2D eigenvalue weighted by Gasteiger charge is -2.29. The molecule has 0 bridgehead atoms. The van der Waals surface area contributed by atoms with Gasteiger partial charge in [0, 0.05) is 30.9 Å². The zero-order chi connectivity index (χ0) is 50.3. The van der Waals surface area contributed by atoms with Gasteiger partial charge in [-0.2, -0.15) is 0 Å². The first kappa shape index (κ1) is 55.9. The summed E-state index contributed by atoms with van der Waals surface area (Å²) in [4.78, 5) is 126. The number of guanidine groups is 1. The monoisotopic (exact) mass is 983 g/mol. The van der Waals surface area contributed by atoms with Crippen LogP contribution < -0.4 is 65.5 Å². The smallest absolute Gasteiger partial charge is 0.243 e. The molecule has 68 heavy (non-hydrogen) atoms. The summed E-state index contributed by atoms with van der Waals surface area (Å²) in [5.74, 6) is -8.17. The molecule has 0 radical (unpaired) electrons. The number of nitrogens with two attached hydrogens (primary N) is 4. The molecule has 0 spiro atoms. The van der Waals surface area contributed by atoms with Gasteiger partial charge in [0.1, 0.15) is 36.3 Å². The van der Waals surface area contributed by atoms with Crippen LogP contribution in [0.15, 0.2) is 65.7 Å². The standard InChI is InChI=1S/C44H65N13O9S2/c1-24(2)35-42(65)55-31(19-27-14-9-6-10-15-27)41(64)53-29(16-11-17-49-44(47)48)40(63)57-36(25(3)4)43(66)54-30(18-26-12-7-5-8-13-26)38(61)51-21-34(59)52-32(39(62)50-20-33(46)58)23-68-67-22-28(45)37(60)56-35/h5-10,12-15,24-25,28-32,35-36H,11,16-23,45H2,1-4H3,(H2,46,58)(H,50,62)(H,51,61)(H,52,59)(H,53,64)(H,54,66)(H,55,65)(H,56,60)(H,57,63)(H4,47,48,49)/t28-,29-,30-,31-,32-,35-,36-/m0/s1. The molecule has 24 heteroatoms. The van der Waals surface area contributed by atoms with E-state index in [0.717, 1.165) is 21.6 Å². The van der Waals surface area contributed by atoms with E-state index in [1.807, 2.05) is 0 Å². The Hall–Kier alpha value is -6.40. The van der Waals surface area contributed by atoms with Gasteiger partial charge in [0.05, 0.1) is 19.1 Å². The minimum absolute atomic E-state index is 0.0135. The molecule has 1 heterocycles. The van der Waals surface area contributed by atoms with Crippen LogP contribution in [-0.4, -0.2) is 133 Å². The third kappa shape index (κ3) is 19.8. The zero-order valence-corrected chi connectivity index (χ0v) is 40.2. The number of carbonyl (C=O) groups is 9. The summed E-state index contributed by atoms with van der Waals surface area (Å²) < 4.78 is 0. The van der Waals surface area contributed by atoms with Crippen LogP contribution in [0.3, 0.4) is 0 Å². The molecule has 0 aromatic heterocycles. The second kappa shape index (κ2) is 28.7. The molecule has 1 aliphatic heterocycles. The normalized spacial score (nSPS) is 23.4. The van der Waals surface area contributed by atoms with Crippen LogP contribution in [0.1, 0.15) is 51.7 Å². The number of hydrogen-bond acceptors (Lipinski definition) is 13. The molecule has 2 aromatic rings. The van der Waals surface area contributed by atoms with Gasteiger partial charge in [-0.25, -0.2) is 0 Å². The molecule has 0 aliphatic carbocycles. The van der Waals surface area contributed by atoms with E-state index in [2.05, 4.69) is 47.5 Å². The maximum atomic E-state index is 14.3. The predicted molar refractivity (Wildman–Crippen MR) is 260 cm³/mol. The second-order valence-corrected chi connectivity index (χ2v) is 19.2. The summed E-state index contributed by atoms with van der Waals surface area (Å²) >= 11 is 0. The molecule has 7 atom stereocenters. The van der Waals surface area contributed by atoms with Crippen molar-refractivity contribution < 1.29 is 43.2 Å². The van der Waals surface area contributed by atoms with Crippen LogP contribution >= 0.6 is 21.6 Å². The number of nitrogens with one attached hydrogen (secondary N) is 8. The van der Waals surface area contributed by atoms with Gasteiger partial charge in [0.25, 0.3) is 0 Å². The van der Waals surface area contributed by atoms with Crippen molar-refractivity contribution in [1.29, 1.82) is 0 Å². The van der Waals surface area contributed by atoms with Crippen LogP contribution in [0.25, 0.3) is 0 Å². The van der Waals surface area contributed by atoms with Gasteiger partial charge in [0.2, 0.25) is 53.2 Å². The van der Waals surface area contributed by atoms with Crippen molar-refractivity contribution in [3.63, 3.8) is 0 Å². The van der Waals surface area contributed by atoms with E-state index in [0.29, 0.717) is 11.1 Å². The number of hydrogen-bond donors (Lipinski definition) is 12. The Morgan fingerprint density at radius 3 is 1.65 bits per heavy atom. The summed E-state index contributed by atoms with van der Waals surface area (Å²) in [5, 5.41) is 21.0. The molecule has 1 saturated heterocycles. The van der Waals surface area contributed by atoms with Gasteiger partial charge < -0.3 is 65.5 Å². The largest absolute Gasteiger partial charge is 0.370 e. The van der Waals surface area contributed by atoms with Crippen molar-refractivity contribution in [2.45, 2.75) is 95.7 Å². The van der Waals surface area contributed by atoms with E-state index in [4.69, 9.17) is 22.9 Å². The Morgan fingerprint density at radius 2 is 1.13 bits per heavy atom. The molecule has 1 aliphatic rings. The Kier molecular flexibility index (Phi) is 23.6. The molecule has 9 amide bonds. The molecule has 16 N–H and O–H groups in total. The van der Waals surface area contributed by atoms with Crippen molar-refractivity contribution >= 4 is 80.7 Å². The maximum absolute atomic E-state index is 14.3. The predicted octanol–water partition coefficient (Wildman–Crippen LogP) is -2.81. The fourth-order valence-corrected chi connectivity index (χ4v) is 8.89. The first-order valence-corrected chi connectivity index (χ1v) is 24.5. The summed E-state index contributed by atoms with van der Waals surface area (Å²) in [6, 6.07) is 8.85. The van der Waals surface area contributed by atoms with E-state index < -0.39 is 120 Å². The topological polar surface area (TPSA) is 366 Å². The minimum Gasteiger partial charge on any atom is -0.370 e. The van der Waals surface area contributed by atoms with E-state index in [1.165, 1.54) is 0 Å². The van der Waals surface area contributed by atoms with Crippen LogP contribution in [-0.2, 0) is 56.0 Å². The molecule has 3 rings (SSSR count). The third-order valence-electron chi connectivity index (χ3n) is 10.3. The van der Waals surface area contributed by atoms with Crippen LogP contribution in [0.2, 0.25) is 0 Å². The molecule has 0 unspecified atom stereocenters. The van der Waals surface area contributed by atoms with E-state index in [1.54, 1.807) is 88.4 Å². The fourth-order valence-electron chi connectivity index (χ4n) is 6.60. The lowest BCUT2D eigenvalue weighted by atomic mass is 9.99. The summed E-state index contributed by atoms with van der Waals surface area (Å²) in [6.07, 6.45) is 0.145. The van der Waals surface area contributed by atoms with Crippen molar-refractivity contribution in [2.75, 3.05) is 31.1 Å². The minimum atomic E-state index is -1.29. The highest BCUT2D eigenvalue weighted by Gasteiger charge is 2.35. The second-order valence-electron chi connectivity index (χ2n) is 16.7. The number of carbonyl (C=O) groups excluding carboxylic acids is 9. The Labute approximate surface area is 403 Å². The van der Waals surface area contributed by atoms with Crippen molar-refractivity contribution in [3.8, 4) is 0 Å². The Bertz CT molecular complexity index is 2080. The Balaban J connectivity index is 2.07. The quantitative estimate of drug-likeness (QED) is 0.0417. The van der Waals surface area contributed by atoms with Crippen LogP contribution in [0, 0.1) is 11.8 Å². The van der Waals surface area contributed by atoms with Crippen molar-refractivity contribution in [1.82, 2.24) is 42.5 Å². The molecular weight excluding hydrogens is 919 g/mol. The highest BCUT2D eigenvalue weighted by molar-refractivity contribution is 8.76. The van der Waals surface area contributed by atoms with Crippen LogP contribution in [0.5, 0.6) is 0 Å². The Morgan fingerprint density at radius 1 is 0.647 bits per heavy atom. The van der Waals surface area contributed by atoms with Gasteiger partial charge in [-0.05, 0) is 35.8 Å². The van der Waals surface area contributed by atoms with Gasteiger partial charge in [-0.1, -0.05) is 110 Å². The number of rotatable bonds is 13. The molecule has 2 aromatic carbocycles. The van der Waals surface area contributed by atoms with Crippen molar-refractivity contribution in [3.05, 3.63) is 71.8 Å². The van der Waals surface area contributed by atoms with Gasteiger partial charge in [-0.15, -0.1) is 0 Å². The molecule has 372 valence electrons. The zero-order valence-electron chi connectivity index (χ0n) is 38.6. The average Bonchev–Trinajstić information content (AvgIpc) is 3.29. The molecular formula is C44H65N13O9S2. The maximum Gasteiger partial charge on any atom is 0.243 e. The van der Waals surface area contributed by atoms with Crippen molar-refractivity contribution in [2.24, 2.45) is 39.8 Å². The van der Waals surface area contributed by atoms with E-state index in [-0.39, 0.29) is 49.7 Å². The summed E-state index contributed by atoms with van der Waals surface area (Å²) in [5.41, 5.74) is 23.8. The first-order valence-electron chi connectivity index (χ1n) is 22.0. The third-order valence-corrected chi connectivity index (χ3v) is 12.8. The first-order chi connectivity index (χ1) is 32.2.